The molecule has 3 fully saturated rings. The molecule has 7 nitrogen and oxygen atoms in total. The van der Waals surface area contributed by atoms with Crippen molar-refractivity contribution in [1.82, 2.24) is 10.2 Å². The quantitative estimate of drug-likeness (QED) is 0.307. The number of aliphatic hydroxyl groups is 1. The number of halogens is 1. The van der Waals surface area contributed by atoms with E-state index in [2.05, 4.69) is 33.5 Å². The lowest BCUT2D eigenvalue weighted by atomic mass is 9.70. The predicted octanol–water partition coefficient (Wildman–Crippen LogP) is 3.74. The van der Waals surface area contributed by atoms with E-state index in [9.17, 15) is 19.5 Å². The molecule has 1 spiro atoms. The Morgan fingerprint density at radius 1 is 1.14 bits per heavy atom. The molecular formula is C28H32BrN3O4S. The van der Waals surface area contributed by atoms with Gasteiger partial charge in [0.25, 0.3) is 0 Å². The second-order valence-electron chi connectivity index (χ2n) is 10.0. The lowest BCUT2D eigenvalue weighted by Gasteiger charge is -2.37. The molecule has 5 rings (SSSR count). The molecule has 9 heteroatoms. The van der Waals surface area contributed by atoms with Crippen molar-refractivity contribution >= 4 is 51.1 Å². The van der Waals surface area contributed by atoms with Crippen LogP contribution in [0.2, 0.25) is 0 Å². The highest BCUT2D eigenvalue weighted by Crippen LogP contribution is 2.68. The van der Waals surface area contributed by atoms with Crippen LogP contribution in [0.15, 0.2) is 60.7 Å². The van der Waals surface area contributed by atoms with Gasteiger partial charge in [-0.05, 0) is 30.5 Å². The van der Waals surface area contributed by atoms with E-state index >= 15 is 0 Å². The van der Waals surface area contributed by atoms with Crippen LogP contribution in [0.3, 0.4) is 0 Å². The number of thioether (sulfide) groups is 1. The molecule has 0 radical (unpaired) electrons. The first kappa shape index (κ1) is 26.3. The number of carbonyl (C=O) groups is 3. The maximum Gasteiger partial charge on any atom is 0.244 e. The summed E-state index contributed by atoms with van der Waals surface area (Å²) in [5, 5.41) is 16.4. The molecule has 3 amide bonds. The van der Waals surface area contributed by atoms with Crippen LogP contribution < -0.4 is 10.6 Å². The number of rotatable bonds is 9. The molecule has 3 aliphatic heterocycles. The van der Waals surface area contributed by atoms with Crippen molar-refractivity contribution < 1.29 is 19.5 Å². The predicted molar refractivity (Wildman–Crippen MR) is 148 cm³/mol. The van der Waals surface area contributed by atoms with Gasteiger partial charge in [-0.3, -0.25) is 14.4 Å². The number of hydrogen-bond donors (Lipinski definition) is 3. The number of para-hydroxylation sites is 1. The van der Waals surface area contributed by atoms with E-state index in [4.69, 9.17) is 0 Å². The number of benzene rings is 2. The fourth-order valence-electron chi connectivity index (χ4n) is 6.26. The van der Waals surface area contributed by atoms with Crippen molar-refractivity contribution in [2.45, 2.75) is 53.1 Å². The summed E-state index contributed by atoms with van der Waals surface area (Å²) in [7, 11) is 0. The SMILES string of the molecule is CCCCNC(=O)C1N([C@H](CO)c2ccccc2)C(=O)[C@@H]2[C@H](C(=O)Nc3ccccc3)[C@H]3SC12CC3Br. The van der Waals surface area contributed by atoms with Crippen LogP contribution in [-0.2, 0) is 14.4 Å². The Balaban J connectivity index is 1.55. The second-order valence-corrected chi connectivity index (χ2v) is 12.7. The molecule has 2 aromatic carbocycles. The highest BCUT2D eigenvalue weighted by atomic mass is 79.9. The van der Waals surface area contributed by atoms with Crippen molar-refractivity contribution in [3.05, 3.63) is 66.2 Å². The number of aliphatic hydroxyl groups excluding tert-OH is 1. The maximum atomic E-state index is 14.3. The Morgan fingerprint density at radius 3 is 2.46 bits per heavy atom. The standard InChI is InChI=1S/C28H32BrN3O4S/c1-2-3-14-30-26(35)24-28-15-19(29)23(37-28)21(25(34)31-18-12-8-5-9-13-18)22(28)27(36)32(24)20(16-33)17-10-6-4-7-11-17/h4-13,19-24,33H,2-3,14-16H2,1H3,(H,30,35)(H,31,34)/t19?,20-,21+,22+,23+,24?,28?/m1/s1. The van der Waals surface area contributed by atoms with E-state index in [1.54, 1.807) is 16.7 Å². The van der Waals surface area contributed by atoms with Gasteiger partial charge in [-0.25, -0.2) is 0 Å². The molecular weight excluding hydrogens is 554 g/mol. The molecule has 3 heterocycles. The average Bonchev–Trinajstić information content (AvgIpc) is 3.49. The zero-order chi connectivity index (χ0) is 26.2. The molecule has 3 N–H and O–H groups in total. The van der Waals surface area contributed by atoms with Gasteiger partial charge >= 0.3 is 0 Å². The monoisotopic (exact) mass is 585 g/mol. The zero-order valence-electron chi connectivity index (χ0n) is 20.7. The molecule has 196 valence electrons. The van der Waals surface area contributed by atoms with Gasteiger partial charge in [0, 0.05) is 22.3 Å². The van der Waals surface area contributed by atoms with E-state index in [0.717, 1.165) is 18.4 Å². The number of fused-ring (bicyclic) bond motifs is 1. The smallest absolute Gasteiger partial charge is 0.244 e. The first-order valence-corrected chi connectivity index (χ1v) is 14.7. The molecule has 3 aliphatic rings. The molecule has 3 saturated heterocycles. The molecule has 2 aromatic rings. The normalized spacial score (nSPS) is 30.7. The summed E-state index contributed by atoms with van der Waals surface area (Å²) in [5.41, 5.74) is 1.44. The minimum Gasteiger partial charge on any atom is -0.394 e. The molecule has 0 saturated carbocycles. The lowest BCUT2D eigenvalue weighted by Crippen LogP contribution is -2.55. The van der Waals surface area contributed by atoms with Crippen LogP contribution >= 0.6 is 27.7 Å². The number of likely N-dealkylation sites (tertiary alicyclic amines) is 1. The Bertz CT molecular complexity index is 1150. The highest BCUT2D eigenvalue weighted by molar-refractivity contribution is 9.09. The van der Waals surface area contributed by atoms with E-state index in [0.29, 0.717) is 18.7 Å². The number of carbonyl (C=O) groups excluding carboxylic acids is 3. The van der Waals surface area contributed by atoms with Crippen molar-refractivity contribution in [2.24, 2.45) is 11.8 Å². The number of anilines is 1. The molecule has 7 atom stereocenters. The van der Waals surface area contributed by atoms with Gasteiger partial charge in [-0.1, -0.05) is 77.8 Å². The molecule has 3 unspecified atom stereocenters. The van der Waals surface area contributed by atoms with Crippen LogP contribution in [0.5, 0.6) is 0 Å². The van der Waals surface area contributed by atoms with Gasteiger partial charge < -0.3 is 20.6 Å². The Labute approximate surface area is 229 Å². The minimum atomic E-state index is -0.788. The van der Waals surface area contributed by atoms with Crippen LogP contribution in [0.25, 0.3) is 0 Å². The topological polar surface area (TPSA) is 98.7 Å². The molecule has 2 bridgehead atoms. The van der Waals surface area contributed by atoms with Gasteiger partial charge in [-0.2, -0.15) is 0 Å². The van der Waals surface area contributed by atoms with Gasteiger partial charge in [0.05, 0.1) is 29.2 Å². The van der Waals surface area contributed by atoms with Crippen molar-refractivity contribution in [1.29, 1.82) is 0 Å². The van der Waals surface area contributed by atoms with Crippen molar-refractivity contribution in [3.8, 4) is 0 Å². The van der Waals surface area contributed by atoms with E-state index < -0.39 is 28.7 Å². The van der Waals surface area contributed by atoms with E-state index in [-0.39, 0.29) is 34.4 Å². The Hall–Kier alpha value is -2.36. The number of nitrogens with zero attached hydrogens (tertiary/aromatic N) is 1. The van der Waals surface area contributed by atoms with E-state index in [1.807, 2.05) is 60.7 Å². The molecule has 0 aliphatic carbocycles. The van der Waals surface area contributed by atoms with Crippen LogP contribution in [0.1, 0.15) is 37.8 Å². The van der Waals surface area contributed by atoms with Crippen LogP contribution in [0.4, 0.5) is 5.69 Å². The summed E-state index contributed by atoms with van der Waals surface area (Å²) in [5.74, 6) is -1.90. The first-order chi connectivity index (χ1) is 17.9. The van der Waals surface area contributed by atoms with Crippen LogP contribution in [-0.4, -0.2) is 61.7 Å². The largest absolute Gasteiger partial charge is 0.394 e. The fourth-order valence-corrected chi connectivity index (χ4v) is 9.86. The third-order valence-electron chi connectivity index (χ3n) is 7.84. The number of amides is 3. The third kappa shape index (κ3) is 4.49. The summed E-state index contributed by atoms with van der Waals surface area (Å²) < 4.78 is -0.757. The number of hydrogen-bond acceptors (Lipinski definition) is 5. The van der Waals surface area contributed by atoms with Gasteiger partial charge in [-0.15, -0.1) is 11.8 Å². The van der Waals surface area contributed by atoms with Gasteiger partial charge in [0.15, 0.2) is 0 Å². The Kier molecular flexibility index (Phi) is 7.65. The fraction of sp³-hybridized carbons (Fsp3) is 0.464. The molecule has 0 aromatic heterocycles. The summed E-state index contributed by atoms with van der Waals surface area (Å²) in [6.45, 7) is 2.26. The number of unbranched alkanes of at least 4 members (excludes halogenated alkanes) is 1. The van der Waals surface area contributed by atoms with Gasteiger partial charge in [0.2, 0.25) is 17.7 Å². The summed E-state index contributed by atoms with van der Waals surface area (Å²) in [6, 6.07) is 17.1. The number of alkyl halides is 1. The van der Waals surface area contributed by atoms with Crippen molar-refractivity contribution in [2.75, 3.05) is 18.5 Å². The number of nitrogens with one attached hydrogen (secondary N) is 2. The minimum absolute atomic E-state index is 0.0109. The maximum absolute atomic E-state index is 14.3. The summed E-state index contributed by atoms with van der Waals surface area (Å²) >= 11 is 5.39. The van der Waals surface area contributed by atoms with Crippen LogP contribution in [0, 0.1) is 11.8 Å². The summed E-state index contributed by atoms with van der Waals surface area (Å²) in [4.78, 5) is 43.3. The second kappa shape index (κ2) is 10.8. The lowest BCUT2D eigenvalue weighted by molar-refractivity contribution is -0.142. The molecule has 37 heavy (non-hydrogen) atoms. The van der Waals surface area contributed by atoms with E-state index in [1.165, 1.54) is 0 Å². The average molecular weight is 587 g/mol. The first-order valence-electron chi connectivity index (χ1n) is 12.9. The highest BCUT2D eigenvalue weighted by Gasteiger charge is 2.76. The zero-order valence-corrected chi connectivity index (χ0v) is 23.1. The van der Waals surface area contributed by atoms with Crippen molar-refractivity contribution in [3.63, 3.8) is 0 Å². The summed E-state index contributed by atoms with van der Waals surface area (Å²) in [6.07, 6.45) is 2.37. The van der Waals surface area contributed by atoms with Gasteiger partial charge in [0.1, 0.15) is 6.04 Å². The third-order valence-corrected chi connectivity index (χ3v) is 11.1. The Morgan fingerprint density at radius 2 is 1.81 bits per heavy atom.